The van der Waals surface area contributed by atoms with E-state index in [1.807, 2.05) is 0 Å². The van der Waals surface area contributed by atoms with Crippen LogP contribution in [0.25, 0.3) is 0 Å². The lowest BCUT2D eigenvalue weighted by Crippen LogP contribution is -1.97. The van der Waals surface area contributed by atoms with Gasteiger partial charge in [-0.1, -0.05) is 29.3 Å². The van der Waals surface area contributed by atoms with E-state index < -0.39 is 5.97 Å². The number of aromatic carboxylic acids is 1. The van der Waals surface area contributed by atoms with Crippen molar-refractivity contribution in [2.24, 2.45) is 5.10 Å². The lowest BCUT2D eigenvalue weighted by Gasteiger charge is -2.03. The predicted molar refractivity (Wildman–Crippen MR) is 82.7 cm³/mol. The maximum absolute atomic E-state index is 10.8. The molecule has 0 aromatic heterocycles. The van der Waals surface area contributed by atoms with Gasteiger partial charge in [0.25, 0.3) is 0 Å². The number of hydrogen-bond donors (Lipinski definition) is 3. The summed E-state index contributed by atoms with van der Waals surface area (Å²) in [5.74, 6) is -1.20. The number of nitrogens with zero attached hydrogens (tertiary/aromatic N) is 1. The van der Waals surface area contributed by atoms with Crippen LogP contribution in [0.1, 0.15) is 15.9 Å². The van der Waals surface area contributed by atoms with E-state index in [0.717, 1.165) is 0 Å². The van der Waals surface area contributed by atoms with E-state index in [9.17, 15) is 9.90 Å². The molecular weight excluding hydrogens is 315 g/mol. The van der Waals surface area contributed by atoms with E-state index in [2.05, 4.69) is 10.5 Å². The molecule has 108 valence electrons. The molecule has 0 amide bonds. The van der Waals surface area contributed by atoms with Crippen molar-refractivity contribution >= 4 is 41.1 Å². The minimum atomic E-state index is -1.01. The Balaban J connectivity index is 2.12. The summed E-state index contributed by atoms with van der Waals surface area (Å²) in [7, 11) is 0. The van der Waals surface area contributed by atoms with Gasteiger partial charge in [0.1, 0.15) is 0 Å². The summed E-state index contributed by atoms with van der Waals surface area (Å²) in [4.78, 5) is 10.8. The minimum Gasteiger partial charge on any atom is -0.505 e. The van der Waals surface area contributed by atoms with Crippen molar-refractivity contribution in [2.75, 3.05) is 5.43 Å². The van der Waals surface area contributed by atoms with Crippen molar-refractivity contribution < 1.29 is 15.0 Å². The molecule has 21 heavy (non-hydrogen) atoms. The molecule has 0 unspecified atom stereocenters. The molecule has 5 nitrogen and oxygen atoms in total. The zero-order valence-electron chi connectivity index (χ0n) is 10.5. The monoisotopic (exact) mass is 324 g/mol. The third-order valence-corrected chi connectivity index (χ3v) is 3.13. The molecule has 0 saturated carbocycles. The number of aromatic hydroxyl groups is 1. The zero-order chi connectivity index (χ0) is 15.4. The first kappa shape index (κ1) is 15.2. The number of carboxylic acids is 1. The third-order valence-electron chi connectivity index (χ3n) is 2.56. The Morgan fingerprint density at radius 2 is 1.86 bits per heavy atom. The maximum Gasteiger partial charge on any atom is 0.335 e. The van der Waals surface area contributed by atoms with Crippen LogP contribution < -0.4 is 5.43 Å². The second-order valence-corrected chi connectivity index (χ2v) is 4.90. The fraction of sp³-hybridized carbons (Fsp3) is 0. The molecule has 0 aliphatic rings. The quantitative estimate of drug-likeness (QED) is 0.589. The van der Waals surface area contributed by atoms with Crippen LogP contribution in [0.4, 0.5) is 5.69 Å². The highest BCUT2D eigenvalue weighted by molar-refractivity contribution is 6.37. The summed E-state index contributed by atoms with van der Waals surface area (Å²) in [5, 5.41) is 22.5. The number of nitrogens with one attached hydrogen (secondary N) is 1. The van der Waals surface area contributed by atoms with E-state index in [-0.39, 0.29) is 21.4 Å². The lowest BCUT2D eigenvalue weighted by molar-refractivity contribution is 0.0697. The van der Waals surface area contributed by atoms with Crippen LogP contribution in [0.5, 0.6) is 5.75 Å². The summed E-state index contributed by atoms with van der Waals surface area (Å²) >= 11 is 11.6. The number of hydrogen-bond acceptors (Lipinski definition) is 4. The number of benzene rings is 2. The number of phenolic OH excluding ortho intramolecular Hbond substituents is 1. The summed E-state index contributed by atoms with van der Waals surface area (Å²) < 4.78 is 0. The van der Waals surface area contributed by atoms with Gasteiger partial charge in [-0.2, -0.15) is 5.10 Å². The highest BCUT2D eigenvalue weighted by Crippen LogP contribution is 2.32. The Labute approximate surface area is 130 Å². The molecule has 0 heterocycles. The highest BCUT2D eigenvalue weighted by Gasteiger charge is 2.05. The number of hydrazone groups is 1. The summed E-state index contributed by atoms with van der Waals surface area (Å²) in [6.45, 7) is 0. The van der Waals surface area contributed by atoms with Crippen LogP contribution in [0.2, 0.25) is 10.0 Å². The number of halogens is 2. The Hall–Kier alpha value is -2.24. The first-order valence-electron chi connectivity index (χ1n) is 5.78. The van der Waals surface area contributed by atoms with Gasteiger partial charge >= 0.3 is 5.97 Å². The molecule has 7 heteroatoms. The molecule has 0 saturated heterocycles. The Morgan fingerprint density at radius 1 is 1.19 bits per heavy atom. The Kier molecular flexibility index (Phi) is 4.67. The van der Waals surface area contributed by atoms with Crippen LogP contribution in [-0.2, 0) is 0 Å². The van der Waals surface area contributed by atoms with Gasteiger partial charge in [-0.05, 0) is 35.9 Å². The van der Waals surface area contributed by atoms with Gasteiger partial charge in [-0.25, -0.2) is 4.79 Å². The molecule has 0 atom stereocenters. The fourth-order valence-electron chi connectivity index (χ4n) is 1.56. The minimum absolute atomic E-state index is 0.122. The standard InChI is InChI=1S/C14H10Cl2N2O3/c15-11-4-8(5-12(16)13(11)19)7-17-18-10-3-1-2-9(6-10)14(20)21/h1-7,18-19H,(H,20,21)/b17-7+. The van der Waals surface area contributed by atoms with E-state index in [0.29, 0.717) is 11.3 Å². The number of carboxylic acid groups (broad SMARTS) is 1. The molecule has 0 aliphatic carbocycles. The Morgan fingerprint density at radius 3 is 2.48 bits per heavy atom. The normalized spacial score (nSPS) is 10.8. The van der Waals surface area contributed by atoms with Gasteiger partial charge < -0.3 is 10.2 Å². The molecule has 0 bridgehead atoms. The molecule has 0 radical (unpaired) electrons. The van der Waals surface area contributed by atoms with Gasteiger partial charge in [-0.15, -0.1) is 0 Å². The predicted octanol–water partition coefficient (Wildman–Crippen LogP) is 3.84. The van der Waals surface area contributed by atoms with Crippen LogP contribution in [-0.4, -0.2) is 22.4 Å². The Bertz CT molecular complexity index is 694. The molecular formula is C14H10Cl2N2O3. The average molecular weight is 325 g/mol. The highest BCUT2D eigenvalue weighted by atomic mass is 35.5. The SMILES string of the molecule is O=C(O)c1cccc(N/N=C/c2cc(Cl)c(O)c(Cl)c2)c1. The number of rotatable bonds is 4. The first-order valence-corrected chi connectivity index (χ1v) is 6.53. The van der Waals surface area contributed by atoms with E-state index in [1.165, 1.54) is 30.5 Å². The third kappa shape index (κ3) is 3.87. The smallest absolute Gasteiger partial charge is 0.335 e. The largest absolute Gasteiger partial charge is 0.505 e. The van der Waals surface area contributed by atoms with Crippen molar-refractivity contribution in [3.05, 3.63) is 57.6 Å². The number of anilines is 1. The number of phenols is 1. The van der Waals surface area contributed by atoms with Gasteiger partial charge in [-0.3, -0.25) is 5.43 Å². The molecule has 0 fully saturated rings. The average Bonchev–Trinajstić information content (AvgIpc) is 2.45. The summed E-state index contributed by atoms with van der Waals surface area (Å²) in [5.41, 5.74) is 3.98. The van der Waals surface area contributed by atoms with Crippen molar-refractivity contribution in [1.82, 2.24) is 0 Å². The van der Waals surface area contributed by atoms with Gasteiger partial charge in [0.2, 0.25) is 0 Å². The van der Waals surface area contributed by atoms with E-state index >= 15 is 0 Å². The van der Waals surface area contributed by atoms with Crippen LogP contribution in [0.15, 0.2) is 41.5 Å². The fourth-order valence-corrected chi connectivity index (χ4v) is 2.07. The van der Waals surface area contributed by atoms with Crippen LogP contribution in [0.3, 0.4) is 0 Å². The van der Waals surface area contributed by atoms with Crippen molar-refractivity contribution in [3.63, 3.8) is 0 Å². The molecule has 2 aromatic carbocycles. The number of carbonyl (C=O) groups is 1. The molecule has 0 spiro atoms. The van der Waals surface area contributed by atoms with Crippen molar-refractivity contribution in [2.45, 2.75) is 0 Å². The van der Waals surface area contributed by atoms with Crippen molar-refractivity contribution in [1.29, 1.82) is 0 Å². The van der Waals surface area contributed by atoms with E-state index in [1.54, 1.807) is 12.1 Å². The molecule has 3 N–H and O–H groups in total. The summed E-state index contributed by atoms with van der Waals surface area (Å²) in [6.07, 6.45) is 1.45. The second-order valence-electron chi connectivity index (χ2n) is 4.09. The lowest BCUT2D eigenvalue weighted by atomic mass is 10.2. The topological polar surface area (TPSA) is 81.9 Å². The molecule has 0 aliphatic heterocycles. The molecule has 2 aromatic rings. The van der Waals surface area contributed by atoms with Gasteiger partial charge in [0.05, 0.1) is 27.5 Å². The van der Waals surface area contributed by atoms with Gasteiger partial charge in [0.15, 0.2) is 5.75 Å². The van der Waals surface area contributed by atoms with Crippen molar-refractivity contribution in [3.8, 4) is 5.75 Å². The zero-order valence-corrected chi connectivity index (χ0v) is 12.1. The molecule has 2 rings (SSSR count). The van der Waals surface area contributed by atoms with Crippen LogP contribution in [0, 0.1) is 0 Å². The van der Waals surface area contributed by atoms with E-state index in [4.69, 9.17) is 28.3 Å². The van der Waals surface area contributed by atoms with Crippen LogP contribution >= 0.6 is 23.2 Å². The summed E-state index contributed by atoms with van der Waals surface area (Å²) in [6, 6.07) is 9.23. The van der Waals surface area contributed by atoms with Gasteiger partial charge in [0, 0.05) is 0 Å². The first-order chi connectivity index (χ1) is 9.97. The second kappa shape index (κ2) is 6.47. The maximum atomic E-state index is 10.8.